The summed E-state index contributed by atoms with van der Waals surface area (Å²) in [5.74, 6) is -1.23. The first-order valence-electron chi connectivity index (χ1n) is 8.64. The molecule has 7 heteroatoms. The number of aliphatic hydroxyl groups excluding tert-OH is 1. The van der Waals surface area contributed by atoms with E-state index in [9.17, 15) is 19.8 Å². The molecule has 138 valence electrons. The second-order valence-electron chi connectivity index (χ2n) is 6.58. The SMILES string of the molecule is C[C@H](NCC(O)[C@@H](N)Cc1ccccc1)C(=O)N1CCC[C@H]1C(=O)O. The second-order valence-corrected chi connectivity index (χ2v) is 6.58. The smallest absolute Gasteiger partial charge is 0.326 e. The van der Waals surface area contributed by atoms with Gasteiger partial charge in [-0.25, -0.2) is 4.79 Å². The van der Waals surface area contributed by atoms with Crippen LogP contribution in [0.25, 0.3) is 0 Å². The van der Waals surface area contributed by atoms with Crippen LogP contribution in [-0.2, 0) is 16.0 Å². The van der Waals surface area contributed by atoms with Crippen LogP contribution >= 0.6 is 0 Å². The molecule has 0 aromatic heterocycles. The Bertz CT molecular complexity index is 581. The van der Waals surface area contributed by atoms with Gasteiger partial charge < -0.3 is 26.2 Å². The number of nitrogens with two attached hydrogens (primary N) is 1. The summed E-state index contributed by atoms with van der Waals surface area (Å²) in [4.78, 5) is 25.0. The van der Waals surface area contributed by atoms with E-state index in [-0.39, 0.29) is 12.5 Å². The van der Waals surface area contributed by atoms with Crippen molar-refractivity contribution in [3.05, 3.63) is 35.9 Å². The second kappa shape index (κ2) is 8.94. The van der Waals surface area contributed by atoms with Crippen LogP contribution in [0.1, 0.15) is 25.3 Å². The van der Waals surface area contributed by atoms with Crippen LogP contribution in [0.5, 0.6) is 0 Å². The number of nitrogens with one attached hydrogen (secondary N) is 1. The van der Waals surface area contributed by atoms with Gasteiger partial charge in [0.25, 0.3) is 0 Å². The highest BCUT2D eigenvalue weighted by atomic mass is 16.4. The summed E-state index contributed by atoms with van der Waals surface area (Å²) in [6, 6.07) is 7.89. The van der Waals surface area contributed by atoms with E-state index in [2.05, 4.69) is 5.32 Å². The molecule has 0 saturated carbocycles. The van der Waals surface area contributed by atoms with Gasteiger partial charge in [-0.2, -0.15) is 0 Å². The van der Waals surface area contributed by atoms with Crippen LogP contribution in [0.2, 0.25) is 0 Å². The third-order valence-corrected chi connectivity index (χ3v) is 4.63. The molecule has 25 heavy (non-hydrogen) atoms. The zero-order chi connectivity index (χ0) is 18.4. The molecule has 0 bridgehead atoms. The molecule has 1 aliphatic rings. The van der Waals surface area contributed by atoms with E-state index in [1.807, 2.05) is 30.3 Å². The number of rotatable bonds is 8. The standard InChI is InChI=1S/C18H27N3O4/c1-12(17(23)21-9-5-8-15(21)18(24)25)20-11-16(22)14(19)10-13-6-3-2-4-7-13/h2-4,6-7,12,14-16,20,22H,5,8-11,19H2,1H3,(H,24,25)/t12-,14-,15-,16?/m0/s1. The van der Waals surface area contributed by atoms with Crippen molar-refractivity contribution in [3.63, 3.8) is 0 Å². The van der Waals surface area contributed by atoms with Gasteiger partial charge in [-0.05, 0) is 31.7 Å². The van der Waals surface area contributed by atoms with Crippen molar-refractivity contribution in [2.75, 3.05) is 13.1 Å². The predicted octanol–water partition coefficient (Wildman–Crippen LogP) is -0.0290. The lowest BCUT2D eigenvalue weighted by Gasteiger charge is -2.27. The molecule has 1 aliphatic heterocycles. The number of likely N-dealkylation sites (tertiary alicyclic amines) is 1. The van der Waals surface area contributed by atoms with E-state index in [4.69, 9.17) is 5.73 Å². The van der Waals surface area contributed by atoms with Crippen LogP contribution in [0.3, 0.4) is 0 Å². The highest BCUT2D eigenvalue weighted by Gasteiger charge is 2.35. The number of carbonyl (C=O) groups is 2. The van der Waals surface area contributed by atoms with Crippen LogP contribution in [0, 0.1) is 0 Å². The average Bonchev–Trinajstić information content (AvgIpc) is 3.09. The Morgan fingerprint density at radius 2 is 2.04 bits per heavy atom. The highest BCUT2D eigenvalue weighted by molar-refractivity contribution is 5.87. The lowest BCUT2D eigenvalue weighted by Crippen LogP contribution is -2.52. The predicted molar refractivity (Wildman–Crippen MR) is 94.0 cm³/mol. The van der Waals surface area contributed by atoms with Crippen molar-refractivity contribution in [2.45, 2.75) is 50.4 Å². The summed E-state index contributed by atoms with van der Waals surface area (Å²) in [5.41, 5.74) is 7.07. The quantitative estimate of drug-likeness (QED) is 0.524. The molecule has 1 aromatic rings. The summed E-state index contributed by atoms with van der Waals surface area (Å²) in [5, 5.41) is 22.4. The van der Waals surface area contributed by atoms with Gasteiger partial charge >= 0.3 is 5.97 Å². The molecule has 0 spiro atoms. The van der Waals surface area contributed by atoms with Gasteiger partial charge in [0.2, 0.25) is 5.91 Å². The van der Waals surface area contributed by atoms with Crippen molar-refractivity contribution in [1.82, 2.24) is 10.2 Å². The van der Waals surface area contributed by atoms with Gasteiger partial charge in [-0.1, -0.05) is 30.3 Å². The Balaban J connectivity index is 1.81. The van der Waals surface area contributed by atoms with E-state index >= 15 is 0 Å². The van der Waals surface area contributed by atoms with Crippen molar-refractivity contribution >= 4 is 11.9 Å². The Morgan fingerprint density at radius 3 is 2.68 bits per heavy atom. The van der Waals surface area contributed by atoms with Crippen molar-refractivity contribution in [1.29, 1.82) is 0 Å². The minimum Gasteiger partial charge on any atom is -0.480 e. The monoisotopic (exact) mass is 349 g/mol. The zero-order valence-electron chi connectivity index (χ0n) is 14.5. The minimum absolute atomic E-state index is 0.173. The van der Waals surface area contributed by atoms with Gasteiger partial charge in [0.1, 0.15) is 6.04 Å². The first-order chi connectivity index (χ1) is 11.9. The van der Waals surface area contributed by atoms with Gasteiger partial charge in [-0.15, -0.1) is 0 Å². The van der Waals surface area contributed by atoms with Crippen LogP contribution in [0.4, 0.5) is 0 Å². The first-order valence-corrected chi connectivity index (χ1v) is 8.64. The average molecular weight is 349 g/mol. The molecular weight excluding hydrogens is 322 g/mol. The number of aliphatic carboxylic acids is 1. The summed E-state index contributed by atoms with van der Waals surface area (Å²) < 4.78 is 0. The molecular formula is C18H27N3O4. The Kier molecular flexibility index (Phi) is 6.92. The molecule has 0 aliphatic carbocycles. The van der Waals surface area contributed by atoms with E-state index in [1.54, 1.807) is 6.92 Å². The molecule has 1 fully saturated rings. The maximum atomic E-state index is 12.4. The number of carboxylic acids is 1. The molecule has 2 rings (SSSR count). The fourth-order valence-electron chi connectivity index (χ4n) is 3.09. The van der Waals surface area contributed by atoms with Crippen molar-refractivity contribution in [3.8, 4) is 0 Å². The van der Waals surface area contributed by atoms with E-state index in [0.29, 0.717) is 25.8 Å². The fraction of sp³-hybridized carbons (Fsp3) is 0.556. The van der Waals surface area contributed by atoms with Gasteiger partial charge in [0.05, 0.1) is 12.1 Å². The summed E-state index contributed by atoms with van der Waals surface area (Å²) in [6.07, 6.45) is 0.918. The van der Waals surface area contributed by atoms with Gasteiger partial charge in [0, 0.05) is 19.1 Å². The van der Waals surface area contributed by atoms with E-state index in [0.717, 1.165) is 5.56 Å². The maximum absolute atomic E-state index is 12.4. The largest absolute Gasteiger partial charge is 0.480 e. The van der Waals surface area contributed by atoms with Crippen molar-refractivity contribution in [2.24, 2.45) is 5.73 Å². The molecule has 4 atom stereocenters. The molecule has 1 amide bonds. The Hall–Kier alpha value is -1.96. The Morgan fingerprint density at radius 1 is 1.36 bits per heavy atom. The number of hydrogen-bond donors (Lipinski definition) is 4. The number of amides is 1. The van der Waals surface area contributed by atoms with Crippen LogP contribution in [0.15, 0.2) is 30.3 Å². The summed E-state index contributed by atoms with van der Waals surface area (Å²) in [6.45, 7) is 2.30. The molecule has 7 nitrogen and oxygen atoms in total. The van der Waals surface area contributed by atoms with E-state index < -0.39 is 30.2 Å². The number of carboxylic acid groups (broad SMARTS) is 1. The van der Waals surface area contributed by atoms with Crippen LogP contribution in [-0.4, -0.2) is 64.3 Å². The topological polar surface area (TPSA) is 116 Å². The van der Waals surface area contributed by atoms with Crippen molar-refractivity contribution < 1.29 is 19.8 Å². The third-order valence-electron chi connectivity index (χ3n) is 4.63. The number of aliphatic hydroxyl groups is 1. The Labute approximate surface area is 147 Å². The normalized spacial score (nSPS) is 20.9. The van der Waals surface area contributed by atoms with Crippen LogP contribution < -0.4 is 11.1 Å². The number of benzene rings is 1. The number of nitrogens with zero attached hydrogens (tertiary/aromatic N) is 1. The van der Waals surface area contributed by atoms with E-state index in [1.165, 1.54) is 4.90 Å². The highest BCUT2D eigenvalue weighted by Crippen LogP contribution is 2.18. The third kappa shape index (κ3) is 5.26. The first kappa shape index (κ1) is 19.4. The minimum atomic E-state index is -0.969. The number of hydrogen-bond acceptors (Lipinski definition) is 5. The number of carbonyl (C=O) groups excluding carboxylic acids is 1. The molecule has 0 radical (unpaired) electrons. The summed E-state index contributed by atoms with van der Waals surface area (Å²) >= 11 is 0. The summed E-state index contributed by atoms with van der Waals surface area (Å²) in [7, 11) is 0. The fourth-order valence-corrected chi connectivity index (χ4v) is 3.09. The van der Waals surface area contributed by atoms with Gasteiger partial charge in [-0.3, -0.25) is 4.79 Å². The lowest BCUT2D eigenvalue weighted by atomic mass is 10.0. The zero-order valence-corrected chi connectivity index (χ0v) is 14.5. The molecule has 1 saturated heterocycles. The molecule has 5 N–H and O–H groups in total. The lowest BCUT2D eigenvalue weighted by molar-refractivity contribution is -0.148. The molecule has 1 aromatic carbocycles. The van der Waals surface area contributed by atoms with Gasteiger partial charge in [0.15, 0.2) is 0 Å². The molecule has 1 heterocycles. The maximum Gasteiger partial charge on any atom is 0.326 e. The molecule has 1 unspecified atom stereocenters.